The Morgan fingerprint density at radius 2 is 2.12 bits per heavy atom. The van der Waals surface area contributed by atoms with Crippen molar-refractivity contribution >= 4 is 45.7 Å². The Balaban J connectivity index is 2.53. The van der Waals surface area contributed by atoms with E-state index in [1.54, 1.807) is 4.90 Å². The number of nitrogens with two attached hydrogens (primary N) is 2. The van der Waals surface area contributed by atoms with Crippen molar-refractivity contribution in [3.8, 4) is 0 Å². The van der Waals surface area contributed by atoms with Crippen LogP contribution >= 0.6 is 23.8 Å². The van der Waals surface area contributed by atoms with Gasteiger partial charge in [0.1, 0.15) is 5.82 Å². The van der Waals surface area contributed by atoms with Crippen molar-refractivity contribution in [2.45, 2.75) is 0 Å². The number of benzene rings is 1. The normalized spacial score (nSPS) is 10.7. The maximum atomic E-state index is 6.30. The Morgan fingerprint density at radius 3 is 2.71 bits per heavy atom. The molecule has 0 unspecified atom stereocenters. The number of hydrogen-bond acceptors (Lipinski definition) is 2. The van der Waals surface area contributed by atoms with Crippen LogP contribution in [0.5, 0.6) is 0 Å². The number of rotatable bonds is 3. The average molecular weight is 269 g/mol. The molecule has 5 N–H and O–H groups in total. The second-order valence-corrected chi connectivity index (χ2v) is 4.41. The first-order valence-corrected chi connectivity index (χ1v) is 5.97. The molecule has 0 saturated heterocycles. The van der Waals surface area contributed by atoms with E-state index in [1.165, 1.54) is 0 Å². The highest BCUT2D eigenvalue weighted by molar-refractivity contribution is 7.80. The number of nitrogens with one attached hydrogen (secondary N) is 1. The largest absolute Gasteiger partial charge is 0.376 e. The molecular formula is C11H13ClN4S. The van der Waals surface area contributed by atoms with Gasteiger partial charge in [-0.1, -0.05) is 29.8 Å². The number of hydrogen-bond donors (Lipinski definition) is 3. The van der Waals surface area contributed by atoms with Gasteiger partial charge in [0, 0.05) is 24.0 Å². The summed E-state index contributed by atoms with van der Waals surface area (Å²) in [5.74, 6) is 0.700. The Bertz CT molecular complexity index is 551. The molecular weight excluding hydrogens is 256 g/mol. The third-order valence-electron chi connectivity index (χ3n) is 2.51. The number of halogens is 1. The lowest BCUT2D eigenvalue weighted by atomic mass is 10.2. The molecule has 90 valence electrons. The van der Waals surface area contributed by atoms with Crippen LogP contribution < -0.4 is 16.4 Å². The Morgan fingerprint density at radius 1 is 1.41 bits per heavy atom. The third kappa shape index (κ3) is 2.22. The zero-order chi connectivity index (χ0) is 12.4. The monoisotopic (exact) mass is 268 g/mol. The second-order valence-electron chi connectivity index (χ2n) is 3.61. The van der Waals surface area contributed by atoms with Crippen molar-refractivity contribution in [1.29, 1.82) is 0 Å². The molecule has 2 aromatic rings. The summed E-state index contributed by atoms with van der Waals surface area (Å²) in [5.41, 5.74) is 12.2. The quantitative estimate of drug-likeness (QED) is 0.743. The van der Waals surface area contributed by atoms with E-state index in [1.807, 2.05) is 24.3 Å². The number of H-pyrrole nitrogens is 1. The van der Waals surface area contributed by atoms with Crippen LogP contribution in [0.1, 0.15) is 0 Å². The minimum Gasteiger partial charge on any atom is -0.376 e. The molecule has 6 heteroatoms. The maximum absolute atomic E-state index is 6.30. The highest BCUT2D eigenvalue weighted by atomic mass is 35.5. The van der Waals surface area contributed by atoms with Crippen molar-refractivity contribution in [3.05, 3.63) is 29.3 Å². The lowest BCUT2D eigenvalue weighted by Gasteiger charge is -2.20. The molecule has 17 heavy (non-hydrogen) atoms. The van der Waals surface area contributed by atoms with E-state index in [2.05, 4.69) is 4.98 Å². The van der Waals surface area contributed by atoms with Crippen molar-refractivity contribution in [3.63, 3.8) is 0 Å². The number of aromatic nitrogens is 1. The van der Waals surface area contributed by atoms with Gasteiger partial charge in [0.25, 0.3) is 0 Å². The van der Waals surface area contributed by atoms with Crippen LogP contribution in [0.3, 0.4) is 0 Å². The first kappa shape index (κ1) is 12.2. The molecule has 0 atom stereocenters. The van der Waals surface area contributed by atoms with E-state index < -0.39 is 0 Å². The smallest absolute Gasteiger partial charge is 0.172 e. The summed E-state index contributed by atoms with van der Waals surface area (Å²) in [6.07, 6.45) is 0. The topological polar surface area (TPSA) is 71.1 Å². The standard InChI is InChI=1S/C11H13ClN4S/c12-9-7-3-1-2-4-8(7)15-10(9)16(6-5-13)11(14)17/h1-4,15H,5-6,13H2,(H2,14,17). The van der Waals surface area contributed by atoms with E-state index in [0.29, 0.717) is 23.9 Å². The fraction of sp³-hybridized carbons (Fsp3) is 0.182. The Labute approximate surface area is 110 Å². The van der Waals surface area contributed by atoms with Crippen LogP contribution in [0.15, 0.2) is 24.3 Å². The minimum atomic E-state index is 0.254. The molecule has 0 aliphatic rings. The second kappa shape index (κ2) is 4.91. The van der Waals surface area contributed by atoms with Gasteiger partial charge in [-0.2, -0.15) is 0 Å². The summed E-state index contributed by atoms with van der Waals surface area (Å²) < 4.78 is 0. The van der Waals surface area contributed by atoms with Crippen LogP contribution in [0.25, 0.3) is 10.9 Å². The van der Waals surface area contributed by atoms with E-state index in [-0.39, 0.29) is 5.11 Å². The molecule has 1 aromatic heterocycles. The highest BCUT2D eigenvalue weighted by Crippen LogP contribution is 2.33. The number of para-hydroxylation sites is 1. The molecule has 0 bridgehead atoms. The molecule has 0 fully saturated rings. The van der Waals surface area contributed by atoms with Gasteiger partial charge in [0.2, 0.25) is 0 Å². The molecule has 1 heterocycles. The molecule has 0 saturated carbocycles. The summed E-state index contributed by atoms with van der Waals surface area (Å²) in [6.45, 7) is 0.977. The number of nitrogens with zero attached hydrogens (tertiary/aromatic N) is 1. The number of anilines is 1. The summed E-state index contributed by atoms with van der Waals surface area (Å²) in [6, 6.07) is 7.76. The SMILES string of the molecule is NCCN(C(N)=S)c1[nH]c2ccccc2c1Cl. The predicted molar refractivity (Wildman–Crippen MR) is 76.5 cm³/mol. The lowest BCUT2D eigenvalue weighted by Crippen LogP contribution is -2.39. The van der Waals surface area contributed by atoms with Gasteiger partial charge in [-0.05, 0) is 18.3 Å². The van der Waals surface area contributed by atoms with E-state index in [0.717, 1.165) is 10.9 Å². The van der Waals surface area contributed by atoms with E-state index in [9.17, 15) is 0 Å². The van der Waals surface area contributed by atoms with Gasteiger partial charge >= 0.3 is 0 Å². The lowest BCUT2D eigenvalue weighted by molar-refractivity contribution is 0.933. The number of aromatic amines is 1. The van der Waals surface area contributed by atoms with Crippen LogP contribution in [0.2, 0.25) is 5.02 Å². The van der Waals surface area contributed by atoms with E-state index in [4.69, 9.17) is 35.3 Å². The summed E-state index contributed by atoms with van der Waals surface area (Å²) in [4.78, 5) is 4.91. The molecule has 0 aliphatic carbocycles. The van der Waals surface area contributed by atoms with Crippen LogP contribution in [-0.2, 0) is 0 Å². The molecule has 2 rings (SSSR count). The molecule has 0 radical (unpaired) electrons. The molecule has 0 aliphatic heterocycles. The van der Waals surface area contributed by atoms with Crippen LogP contribution in [0.4, 0.5) is 5.82 Å². The van der Waals surface area contributed by atoms with Gasteiger partial charge in [-0.15, -0.1) is 0 Å². The van der Waals surface area contributed by atoms with Crippen LogP contribution in [0, 0.1) is 0 Å². The maximum Gasteiger partial charge on any atom is 0.172 e. The predicted octanol–water partition coefficient (Wildman–Crippen LogP) is 1.83. The van der Waals surface area contributed by atoms with Crippen LogP contribution in [-0.4, -0.2) is 23.2 Å². The minimum absolute atomic E-state index is 0.254. The fourth-order valence-corrected chi connectivity index (χ4v) is 2.24. The summed E-state index contributed by atoms with van der Waals surface area (Å²) in [7, 11) is 0. The number of fused-ring (bicyclic) bond motifs is 1. The molecule has 0 spiro atoms. The first-order chi connectivity index (χ1) is 8.15. The summed E-state index contributed by atoms with van der Waals surface area (Å²) in [5, 5.41) is 1.81. The Hall–Kier alpha value is -1.30. The first-order valence-electron chi connectivity index (χ1n) is 5.18. The summed E-state index contributed by atoms with van der Waals surface area (Å²) >= 11 is 11.3. The van der Waals surface area contributed by atoms with Crippen molar-refractivity contribution in [1.82, 2.24) is 4.98 Å². The van der Waals surface area contributed by atoms with Gasteiger partial charge < -0.3 is 21.4 Å². The molecule has 0 amide bonds. The van der Waals surface area contributed by atoms with Gasteiger partial charge in [-0.25, -0.2) is 0 Å². The van der Waals surface area contributed by atoms with Crippen molar-refractivity contribution < 1.29 is 0 Å². The van der Waals surface area contributed by atoms with Gasteiger partial charge in [-0.3, -0.25) is 0 Å². The van der Waals surface area contributed by atoms with Gasteiger partial charge in [0.05, 0.1) is 5.02 Å². The Kier molecular flexibility index (Phi) is 3.51. The van der Waals surface area contributed by atoms with Gasteiger partial charge in [0.15, 0.2) is 5.11 Å². The highest BCUT2D eigenvalue weighted by Gasteiger charge is 2.16. The molecule has 1 aromatic carbocycles. The average Bonchev–Trinajstić information content (AvgIpc) is 2.64. The zero-order valence-corrected chi connectivity index (χ0v) is 10.7. The third-order valence-corrected chi connectivity index (χ3v) is 3.12. The fourth-order valence-electron chi connectivity index (χ4n) is 1.74. The van der Waals surface area contributed by atoms with E-state index >= 15 is 0 Å². The molecule has 4 nitrogen and oxygen atoms in total. The zero-order valence-electron chi connectivity index (χ0n) is 9.11. The van der Waals surface area contributed by atoms with Crippen molar-refractivity contribution in [2.75, 3.05) is 18.0 Å². The number of thiocarbonyl (C=S) groups is 1. The van der Waals surface area contributed by atoms with Crippen molar-refractivity contribution in [2.24, 2.45) is 11.5 Å².